The highest BCUT2D eigenvalue weighted by Gasteiger charge is 2.12. The third kappa shape index (κ3) is 3.80. The zero-order valence-corrected chi connectivity index (χ0v) is 12.9. The van der Waals surface area contributed by atoms with Crippen LogP contribution in [0.3, 0.4) is 0 Å². The first-order chi connectivity index (χ1) is 8.97. The Morgan fingerprint density at radius 2 is 1.84 bits per heavy atom. The molecule has 0 saturated carbocycles. The van der Waals surface area contributed by atoms with Gasteiger partial charge in [0, 0.05) is 11.3 Å². The Balaban J connectivity index is 1.89. The van der Waals surface area contributed by atoms with Crippen molar-refractivity contribution in [3.63, 3.8) is 0 Å². The van der Waals surface area contributed by atoms with Gasteiger partial charge in [-0.3, -0.25) is 0 Å². The maximum Gasteiger partial charge on any atom is 0.119 e. The van der Waals surface area contributed by atoms with Crippen LogP contribution in [0.4, 0.5) is 0 Å². The molecule has 0 N–H and O–H groups in total. The summed E-state index contributed by atoms with van der Waals surface area (Å²) in [6.07, 6.45) is 0.928. The third-order valence-electron chi connectivity index (χ3n) is 3.16. The van der Waals surface area contributed by atoms with Crippen LogP contribution in [0.2, 0.25) is 0 Å². The van der Waals surface area contributed by atoms with Crippen LogP contribution >= 0.6 is 11.3 Å². The summed E-state index contributed by atoms with van der Waals surface area (Å²) >= 11 is 1.70. The molecule has 1 aromatic carbocycles. The second kappa shape index (κ2) is 5.74. The zero-order chi connectivity index (χ0) is 13.9. The first-order valence-corrected chi connectivity index (χ1v) is 7.47. The maximum absolute atomic E-state index is 5.78. The van der Waals surface area contributed by atoms with Crippen molar-refractivity contribution in [2.24, 2.45) is 0 Å². The summed E-state index contributed by atoms with van der Waals surface area (Å²) in [6.45, 7) is 9.40. The molecule has 0 aliphatic carbocycles. The molecule has 0 bridgehead atoms. The molecule has 0 aliphatic rings. The van der Waals surface area contributed by atoms with Gasteiger partial charge in [-0.25, -0.2) is 4.98 Å². The summed E-state index contributed by atoms with van der Waals surface area (Å²) in [5.41, 5.74) is 4.54. The highest BCUT2D eigenvalue weighted by Crippen LogP contribution is 2.24. The van der Waals surface area contributed by atoms with Gasteiger partial charge < -0.3 is 4.74 Å². The van der Waals surface area contributed by atoms with Crippen LogP contribution in [-0.4, -0.2) is 11.6 Å². The molecule has 3 heteroatoms. The molecule has 2 aromatic rings. The van der Waals surface area contributed by atoms with E-state index < -0.39 is 0 Å². The zero-order valence-electron chi connectivity index (χ0n) is 12.1. The molecule has 0 radical (unpaired) electrons. The second-order valence-corrected chi connectivity index (χ2v) is 6.67. The van der Waals surface area contributed by atoms with Crippen molar-refractivity contribution in [3.05, 3.63) is 45.9 Å². The Morgan fingerprint density at radius 1 is 1.16 bits per heavy atom. The highest BCUT2D eigenvalue weighted by atomic mass is 32.1. The molecule has 0 atom stereocenters. The lowest BCUT2D eigenvalue weighted by Gasteiger charge is -2.19. The first-order valence-electron chi connectivity index (χ1n) is 6.59. The van der Waals surface area contributed by atoms with Crippen LogP contribution in [0.1, 0.15) is 36.9 Å². The monoisotopic (exact) mass is 275 g/mol. The minimum absolute atomic E-state index is 0.193. The van der Waals surface area contributed by atoms with Gasteiger partial charge >= 0.3 is 0 Å². The largest absolute Gasteiger partial charge is 0.493 e. The highest BCUT2D eigenvalue weighted by molar-refractivity contribution is 7.09. The number of aryl methyl sites for hydroxylation is 1. The van der Waals surface area contributed by atoms with Gasteiger partial charge in [0.25, 0.3) is 0 Å². The molecular weight excluding hydrogens is 254 g/mol. The van der Waals surface area contributed by atoms with E-state index in [1.54, 1.807) is 11.3 Å². The molecule has 2 nitrogen and oxygen atoms in total. The van der Waals surface area contributed by atoms with Crippen molar-refractivity contribution in [1.82, 2.24) is 4.98 Å². The molecule has 2 rings (SSSR count). The number of benzene rings is 1. The molecule has 0 unspecified atom stereocenters. The van der Waals surface area contributed by atoms with E-state index >= 15 is 0 Å². The molecule has 0 saturated heterocycles. The predicted octanol–water partition coefficient (Wildman–Crippen LogP) is 4.37. The van der Waals surface area contributed by atoms with Crippen molar-refractivity contribution >= 4 is 11.3 Å². The maximum atomic E-state index is 5.78. The van der Waals surface area contributed by atoms with Gasteiger partial charge in [0.15, 0.2) is 0 Å². The normalized spacial score (nSPS) is 11.6. The van der Waals surface area contributed by atoms with Crippen LogP contribution in [0, 0.1) is 6.92 Å². The van der Waals surface area contributed by atoms with Gasteiger partial charge in [0.2, 0.25) is 0 Å². The average Bonchev–Trinajstić information content (AvgIpc) is 2.75. The number of hydrogen-bond donors (Lipinski definition) is 0. The first kappa shape index (κ1) is 14.1. The molecule has 102 valence electrons. The lowest BCUT2D eigenvalue weighted by atomic mass is 9.87. The average molecular weight is 275 g/mol. The number of thiazole rings is 1. The van der Waals surface area contributed by atoms with E-state index in [1.807, 2.05) is 12.4 Å². The van der Waals surface area contributed by atoms with Crippen molar-refractivity contribution < 1.29 is 4.74 Å². The van der Waals surface area contributed by atoms with E-state index in [1.165, 1.54) is 10.4 Å². The van der Waals surface area contributed by atoms with E-state index in [0.717, 1.165) is 17.9 Å². The third-order valence-corrected chi connectivity index (χ3v) is 4.16. The number of ether oxygens (including phenoxy) is 1. The number of nitrogens with zero attached hydrogens (tertiary/aromatic N) is 1. The summed E-state index contributed by atoms with van der Waals surface area (Å²) in [7, 11) is 0. The number of rotatable bonds is 4. The number of aromatic nitrogens is 1. The molecule has 1 heterocycles. The van der Waals surface area contributed by atoms with Gasteiger partial charge in [-0.05, 0) is 30.0 Å². The van der Waals surface area contributed by atoms with E-state index in [2.05, 4.69) is 50.0 Å². The van der Waals surface area contributed by atoms with Crippen molar-refractivity contribution in [3.8, 4) is 5.75 Å². The summed E-state index contributed by atoms with van der Waals surface area (Å²) in [5.74, 6) is 0.940. The van der Waals surface area contributed by atoms with Crippen LogP contribution in [-0.2, 0) is 11.8 Å². The Labute approximate surface area is 119 Å². The van der Waals surface area contributed by atoms with E-state index in [0.29, 0.717) is 6.61 Å². The lowest BCUT2D eigenvalue weighted by molar-refractivity contribution is 0.322. The fraction of sp³-hybridized carbons (Fsp3) is 0.438. The molecule has 1 aromatic heterocycles. The van der Waals surface area contributed by atoms with Crippen LogP contribution in [0.15, 0.2) is 29.8 Å². The molecule has 0 spiro atoms. The second-order valence-electron chi connectivity index (χ2n) is 5.73. The molecule has 0 fully saturated rings. The fourth-order valence-corrected chi connectivity index (χ4v) is 2.64. The SMILES string of the molecule is Cc1ncsc1CCOc1ccc(C(C)(C)C)cc1. The Kier molecular flexibility index (Phi) is 4.25. The number of hydrogen-bond acceptors (Lipinski definition) is 3. The lowest BCUT2D eigenvalue weighted by Crippen LogP contribution is -2.10. The summed E-state index contributed by atoms with van der Waals surface area (Å²) < 4.78 is 5.78. The quantitative estimate of drug-likeness (QED) is 0.826. The van der Waals surface area contributed by atoms with Crippen LogP contribution in [0.25, 0.3) is 0 Å². The minimum atomic E-state index is 0.193. The van der Waals surface area contributed by atoms with Crippen molar-refractivity contribution in [2.45, 2.75) is 39.5 Å². The van der Waals surface area contributed by atoms with Gasteiger partial charge in [0.05, 0.1) is 17.8 Å². The Morgan fingerprint density at radius 3 is 2.37 bits per heavy atom. The minimum Gasteiger partial charge on any atom is -0.493 e. The molecular formula is C16H21NOS. The molecule has 0 aliphatic heterocycles. The van der Waals surface area contributed by atoms with E-state index in [-0.39, 0.29) is 5.41 Å². The topological polar surface area (TPSA) is 22.1 Å². The molecule has 19 heavy (non-hydrogen) atoms. The van der Waals surface area contributed by atoms with E-state index in [9.17, 15) is 0 Å². The van der Waals surface area contributed by atoms with Crippen molar-refractivity contribution in [1.29, 1.82) is 0 Å². The van der Waals surface area contributed by atoms with Crippen molar-refractivity contribution in [2.75, 3.05) is 6.61 Å². The fourth-order valence-electron chi connectivity index (χ4n) is 1.88. The van der Waals surface area contributed by atoms with Gasteiger partial charge in [0.1, 0.15) is 5.75 Å². The summed E-state index contributed by atoms with van der Waals surface area (Å²) in [6, 6.07) is 8.40. The summed E-state index contributed by atoms with van der Waals surface area (Å²) in [4.78, 5) is 5.56. The van der Waals surface area contributed by atoms with Gasteiger partial charge in [-0.15, -0.1) is 11.3 Å². The Hall–Kier alpha value is -1.35. The van der Waals surface area contributed by atoms with Crippen LogP contribution < -0.4 is 4.74 Å². The van der Waals surface area contributed by atoms with Gasteiger partial charge in [-0.2, -0.15) is 0 Å². The standard InChI is InChI=1S/C16H21NOS/c1-12-15(19-11-17-12)9-10-18-14-7-5-13(6-8-14)16(2,3)4/h5-8,11H,9-10H2,1-4H3. The molecule has 0 amide bonds. The summed E-state index contributed by atoms with van der Waals surface area (Å²) in [5, 5.41) is 0. The predicted molar refractivity (Wildman–Crippen MR) is 81.2 cm³/mol. The smallest absolute Gasteiger partial charge is 0.119 e. The Bertz CT molecular complexity index is 522. The van der Waals surface area contributed by atoms with E-state index in [4.69, 9.17) is 4.74 Å². The van der Waals surface area contributed by atoms with Crippen LogP contribution in [0.5, 0.6) is 5.75 Å². The van der Waals surface area contributed by atoms with Gasteiger partial charge in [-0.1, -0.05) is 32.9 Å².